The van der Waals surface area contributed by atoms with E-state index >= 15 is 0 Å². The van der Waals surface area contributed by atoms with Crippen molar-refractivity contribution in [1.29, 1.82) is 0 Å². The van der Waals surface area contributed by atoms with Gasteiger partial charge in [-0.1, -0.05) is 0 Å². The van der Waals surface area contributed by atoms with Crippen LogP contribution in [0, 0.1) is 5.82 Å². The molecule has 0 aliphatic rings. The molecule has 17 heavy (non-hydrogen) atoms. The Kier molecular flexibility index (Phi) is 3.54. The van der Waals surface area contributed by atoms with Crippen LogP contribution in [0.15, 0.2) is 39.2 Å². The molecule has 0 radical (unpaired) electrons. The highest BCUT2D eigenvalue weighted by Gasteiger charge is 2.10. The molecular weight excluding hydrogens is 307 g/mol. The molecule has 0 spiro atoms. The van der Waals surface area contributed by atoms with Gasteiger partial charge in [-0.2, -0.15) is 4.99 Å². The van der Waals surface area contributed by atoms with Crippen molar-refractivity contribution in [3.05, 3.63) is 50.4 Å². The van der Waals surface area contributed by atoms with Crippen LogP contribution in [0.3, 0.4) is 0 Å². The molecule has 1 heterocycles. The molecule has 6 heteroatoms. The van der Waals surface area contributed by atoms with Crippen molar-refractivity contribution in [1.82, 2.24) is 4.57 Å². The predicted molar refractivity (Wildman–Crippen MR) is 67.3 cm³/mol. The lowest BCUT2D eigenvalue weighted by atomic mass is 10.2. The van der Waals surface area contributed by atoms with Crippen molar-refractivity contribution in [3.8, 4) is 0 Å². The van der Waals surface area contributed by atoms with Crippen molar-refractivity contribution < 1.29 is 9.18 Å². The largest absolute Gasteiger partial charge is 0.327 e. The lowest BCUT2D eigenvalue weighted by Gasteiger charge is -1.99. The van der Waals surface area contributed by atoms with Gasteiger partial charge in [0.05, 0.1) is 5.56 Å². The summed E-state index contributed by atoms with van der Waals surface area (Å²) < 4.78 is 15.3. The van der Waals surface area contributed by atoms with Crippen molar-refractivity contribution in [2.45, 2.75) is 0 Å². The molecule has 0 saturated carbocycles. The summed E-state index contributed by atoms with van der Waals surface area (Å²) in [6.45, 7) is 0. The van der Waals surface area contributed by atoms with E-state index in [1.165, 1.54) is 29.5 Å². The van der Waals surface area contributed by atoms with Gasteiger partial charge in [0.2, 0.25) is 0 Å². The monoisotopic (exact) mass is 314 g/mol. The third kappa shape index (κ3) is 2.70. The second-order valence-corrected chi connectivity index (χ2v) is 5.06. The number of carbonyl (C=O) groups is 1. The smallest absolute Gasteiger partial charge is 0.280 e. The topological polar surface area (TPSA) is 34.4 Å². The van der Waals surface area contributed by atoms with E-state index in [1.54, 1.807) is 17.8 Å². The second-order valence-electron chi connectivity index (χ2n) is 3.34. The lowest BCUT2D eigenvalue weighted by Crippen LogP contribution is -2.13. The highest BCUT2D eigenvalue weighted by atomic mass is 79.9. The number of rotatable bonds is 1. The Hall–Kier alpha value is -1.27. The molecule has 3 nitrogen and oxygen atoms in total. The first-order valence-electron chi connectivity index (χ1n) is 4.72. The molecule has 0 N–H and O–H groups in total. The average Bonchev–Trinajstić information content (AvgIpc) is 2.68. The molecule has 2 rings (SSSR count). The van der Waals surface area contributed by atoms with Gasteiger partial charge in [-0.25, -0.2) is 4.39 Å². The van der Waals surface area contributed by atoms with Gasteiger partial charge in [0.1, 0.15) is 5.82 Å². The Bertz CT molecular complexity index is 632. The molecule has 1 amide bonds. The fourth-order valence-electron chi connectivity index (χ4n) is 1.24. The van der Waals surface area contributed by atoms with Crippen LogP contribution in [0.4, 0.5) is 4.39 Å². The van der Waals surface area contributed by atoms with Gasteiger partial charge in [0, 0.05) is 23.1 Å². The van der Waals surface area contributed by atoms with Crippen LogP contribution in [-0.4, -0.2) is 10.5 Å². The number of nitrogens with zero attached hydrogens (tertiary/aromatic N) is 2. The van der Waals surface area contributed by atoms with Crippen molar-refractivity contribution in [2.24, 2.45) is 12.0 Å². The zero-order chi connectivity index (χ0) is 12.4. The first-order valence-corrected chi connectivity index (χ1v) is 6.39. The lowest BCUT2D eigenvalue weighted by molar-refractivity contribution is 0.0996. The van der Waals surface area contributed by atoms with E-state index < -0.39 is 11.7 Å². The molecule has 0 aliphatic heterocycles. The summed E-state index contributed by atoms with van der Waals surface area (Å²) in [7, 11) is 1.79. The molecule has 1 aromatic heterocycles. The van der Waals surface area contributed by atoms with Gasteiger partial charge in [0.25, 0.3) is 5.91 Å². The Morgan fingerprint density at radius 3 is 2.94 bits per heavy atom. The van der Waals surface area contributed by atoms with E-state index in [4.69, 9.17) is 0 Å². The van der Waals surface area contributed by atoms with Gasteiger partial charge in [-0.3, -0.25) is 4.79 Å². The highest BCUT2D eigenvalue weighted by Crippen LogP contribution is 2.18. The third-order valence-corrected chi connectivity index (χ3v) is 3.66. The van der Waals surface area contributed by atoms with E-state index in [-0.39, 0.29) is 5.56 Å². The minimum Gasteiger partial charge on any atom is -0.327 e. The second kappa shape index (κ2) is 4.93. The standard InChI is InChI=1S/C11H8BrFN2OS/c1-15-4-5-17-11(15)14-10(16)8-6-7(13)2-3-9(8)12/h2-6H,1H3. The number of hydrogen-bond acceptors (Lipinski definition) is 2. The summed E-state index contributed by atoms with van der Waals surface area (Å²) in [4.78, 5) is 16.4. The summed E-state index contributed by atoms with van der Waals surface area (Å²) >= 11 is 4.55. The highest BCUT2D eigenvalue weighted by molar-refractivity contribution is 9.10. The molecule has 88 valence electrons. The maximum Gasteiger partial charge on any atom is 0.280 e. The van der Waals surface area contributed by atoms with Crippen LogP contribution < -0.4 is 4.80 Å². The van der Waals surface area contributed by atoms with Gasteiger partial charge in [-0.15, -0.1) is 11.3 Å². The number of thiazole rings is 1. The van der Waals surface area contributed by atoms with Crippen molar-refractivity contribution in [3.63, 3.8) is 0 Å². The van der Waals surface area contributed by atoms with Crippen LogP contribution in [0.5, 0.6) is 0 Å². The zero-order valence-corrected chi connectivity index (χ0v) is 11.3. The Morgan fingerprint density at radius 2 is 2.29 bits per heavy atom. The summed E-state index contributed by atoms with van der Waals surface area (Å²) in [5, 5.41) is 1.83. The first kappa shape index (κ1) is 12.2. The van der Waals surface area contributed by atoms with Crippen LogP contribution in [0.1, 0.15) is 10.4 Å². The van der Waals surface area contributed by atoms with Crippen LogP contribution in [0.25, 0.3) is 0 Å². The van der Waals surface area contributed by atoms with Crippen molar-refractivity contribution in [2.75, 3.05) is 0 Å². The minimum absolute atomic E-state index is 0.221. The zero-order valence-electron chi connectivity index (χ0n) is 8.85. The quantitative estimate of drug-likeness (QED) is 0.797. The molecular formula is C11H8BrFN2OS. The number of benzene rings is 1. The normalized spacial score (nSPS) is 11.8. The summed E-state index contributed by atoms with van der Waals surface area (Å²) in [6.07, 6.45) is 1.80. The number of amides is 1. The average molecular weight is 315 g/mol. The van der Waals surface area contributed by atoms with E-state index in [9.17, 15) is 9.18 Å². The summed E-state index contributed by atoms with van der Waals surface area (Å²) in [6, 6.07) is 3.95. The summed E-state index contributed by atoms with van der Waals surface area (Å²) in [5.41, 5.74) is 0.221. The number of halogens is 2. The van der Waals surface area contributed by atoms with E-state index in [2.05, 4.69) is 20.9 Å². The SMILES string of the molecule is Cn1ccsc1=NC(=O)c1cc(F)ccc1Br. The van der Waals surface area contributed by atoms with Gasteiger partial charge in [-0.05, 0) is 34.1 Å². The number of aryl methyl sites for hydroxylation is 1. The Balaban J connectivity index is 2.46. The van der Waals surface area contributed by atoms with Crippen LogP contribution in [-0.2, 0) is 7.05 Å². The van der Waals surface area contributed by atoms with Crippen LogP contribution in [0.2, 0.25) is 0 Å². The first-order chi connectivity index (χ1) is 8.08. The van der Waals surface area contributed by atoms with Gasteiger partial charge >= 0.3 is 0 Å². The molecule has 0 fully saturated rings. The van der Waals surface area contributed by atoms with Gasteiger partial charge in [0.15, 0.2) is 4.80 Å². The fourth-order valence-corrected chi connectivity index (χ4v) is 2.39. The number of hydrogen-bond donors (Lipinski definition) is 0. The van der Waals surface area contributed by atoms with E-state index in [0.29, 0.717) is 9.27 Å². The number of carbonyl (C=O) groups excluding carboxylic acids is 1. The van der Waals surface area contributed by atoms with Gasteiger partial charge < -0.3 is 4.57 Å². The van der Waals surface area contributed by atoms with E-state index in [1.807, 2.05) is 5.38 Å². The van der Waals surface area contributed by atoms with E-state index in [0.717, 1.165) is 0 Å². The number of aromatic nitrogens is 1. The Morgan fingerprint density at radius 1 is 1.53 bits per heavy atom. The predicted octanol–water partition coefficient (Wildman–Crippen LogP) is 2.73. The molecule has 0 aliphatic carbocycles. The third-order valence-electron chi connectivity index (χ3n) is 2.12. The Labute approximate surface area is 109 Å². The maximum atomic E-state index is 13.0. The molecule has 0 bridgehead atoms. The summed E-state index contributed by atoms with van der Waals surface area (Å²) in [5.74, 6) is -0.920. The fraction of sp³-hybridized carbons (Fsp3) is 0.0909. The molecule has 0 unspecified atom stereocenters. The molecule has 2 aromatic rings. The molecule has 0 atom stereocenters. The molecule has 1 aromatic carbocycles. The maximum absolute atomic E-state index is 13.0. The van der Waals surface area contributed by atoms with Crippen molar-refractivity contribution >= 4 is 33.2 Å². The molecule has 0 saturated heterocycles. The minimum atomic E-state index is -0.463. The van der Waals surface area contributed by atoms with Crippen LogP contribution >= 0.6 is 27.3 Å².